The minimum Gasteiger partial charge on any atom is -0.313 e. The molecule has 2 aromatic rings. The van der Waals surface area contributed by atoms with Crippen molar-refractivity contribution in [3.8, 4) is 0 Å². The van der Waals surface area contributed by atoms with E-state index in [-0.39, 0.29) is 5.69 Å². The van der Waals surface area contributed by atoms with Crippen LogP contribution < -0.4 is 5.32 Å². The van der Waals surface area contributed by atoms with Crippen molar-refractivity contribution in [2.24, 2.45) is 0 Å². The van der Waals surface area contributed by atoms with Gasteiger partial charge in [-0.25, -0.2) is 4.39 Å². The topological polar surface area (TPSA) is 73.0 Å². The summed E-state index contributed by atoms with van der Waals surface area (Å²) >= 11 is 0. The van der Waals surface area contributed by atoms with Gasteiger partial charge in [-0.05, 0) is 24.6 Å². The molecule has 0 unspecified atom stereocenters. The molecule has 0 atom stereocenters. The predicted octanol–water partition coefficient (Wildman–Crippen LogP) is 2.48. The first-order valence-corrected chi connectivity index (χ1v) is 6.74. The smallest absolute Gasteiger partial charge is 0.272 e. The van der Waals surface area contributed by atoms with E-state index in [9.17, 15) is 14.5 Å². The Balaban J connectivity index is 2.06. The molecule has 7 heteroatoms. The summed E-state index contributed by atoms with van der Waals surface area (Å²) < 4.78 is 15.0. The Hall–Kier alpha value is -2.28. The minimum absolute atomic E-state index is 0.248. The average Bonchev–Trinajstić information content (AvgIpc) is 2.86. The SMILES string of the molecule is CCCNCc1cnn(Cc2cc(F)cc([N+](=O)[O-])c2)c1. The number of nitrogens with zero attached hydrogens (tertiary/aromatic N) is 3. The van der Waals surface area contributed by atoms with Crippen LogP contribution in [0.1, 0.15) is 24.5 Å². The zero-order valence-electron chi connectivity index (χ0n) is 11.8. The first-order valence-electron chi connectivity index (χ1n) is 6.74. The van der Waals surface area contributed by atoms with Crippen molar-refractivity contribution in [3.05, 3.63) is 57.7 Å². The maximum Gasteiger partial charge on any atom is 0.272 e. The van der Waals surface area contributed by atoms with Crippen molar-refractivity contribution >= 4 is 5.69 Å². The molecule has 112 valence electrons. The van der Waals surface area contributed by atoms with Crippen LogP contribution >= 0.6 is 0 Å². The van der Waals surface area contributed by atoms with Crippen LogP contribution in [0.15, 0.2) is 30.6 Å². The molecular formula is C14H17FN4O2. The summed E-state index contributed by atoms with van der Waals surface area (Å²) in [5, 5.41) is 18.2. The van der Waals surface area contributed by atoms with E-state index in [2.05, 4.69) is 17.3 Å². The number of nitro benzene ring substituents is 1. The fourth-order valence-electron chi connectivity index (χ4n) is 2.01. The van der Waals surface area contributed by atoms with Gasteiger partial charge in [0.05, 0.1) is 23.7 Å². The summed E-state index contributed by atoms with van der Waals surface area (Å²) in [6.45, 7) is 4.04. The average molecular weight is 292 g/mol. The van der Waals surface area contributed by atoms with Gasteiger partial charge in [-0.2, -0.15) is 5.10 Å². The van der Waals surface area contributed by atoms with E-state index in [1.54, 1.807) is 10.9 Å². The maximum absolute atomic E-state index is 13.4. The molecule has 2 rings (SSSR count). The molecule has 0 aliphatic heterocycles. The Morgan fingerprint density at radius 3 is 2.90 bits per heavy atom. The van der Waals surface area contributed by atoms with Gasteiger partial charge >= 0.3 is 0 Å². The normalized spacial score (nSPS) is 10.8. The first kappa shape index (κ1) is 15.1. The molecule has 0 aliphatic carbocycles. The van der Waals surface area contributed by atoms with Crippen LogP contribution in [0.25, 0.3) is 0 Å². The number of benzene rings is 1. The highest BCUT2D eigenvalue weighted by Crippen LogP contribution is 2.17. The summed E-state index contributed by atoms with van der Waals surface area (Å²) in [7, 11) is 0. The molecule has 6 nitrogen and oxygen atoms in total. The second-order valence-corrected chi connectivity index (χ2v) is 4.80. The number of nitrogens with one attached hydrogen (secondary N) is 1. The third kappa shape index (κ3) is 4.35. The number of non-ortho nitro benzene ring substituents is 1. The fraction of sp³-hybridized carbons (Fsp3) is 0.357. The number of hydrogen-bond acceptors (Lipinski definition) is 4. The minimum atomic E-state index is -0.615. The van der Waals surface area contributed by atoms with E-state index >= 15 is 0 Å². The Bertz CT molecular complexity index is 627. The van der Waals surface area contributed by atoms with Crippen LogP contribution in [0, 0.1) is 15.9 Å². The Labute approximate surface area is 121 Å². The third-order valence-corrected chi connectivity index (χ3v) is 2.94. The molecule has 0 spiro atoms. The number of halogens is 1. The number of rotatable bonds is 7. The number of nitro groups is 1. The van der Waals surface area contributed by atoms with Crippen LogP contribution in [-0.2, 0) is 13.1 Å². The number of aromatic nitrogens is 2. The van der Waals surface area contributed by atoms with E-state index < -0.39 is 10.7 Å². The van der Waals surface area contributed by atoms with Gasteiger partial charge in [-0.1, -0.05) is 6.92 Å². The summed E-state index contributed by atoms with van der Waals surface area (Å²) in [5.41, 5.74) is 1.29. The van der Waals surface area contributed by atoms with Crippen molar-refractivity contribution in [1.29, 1.82) is 0 Å². The molecule has 0 fully saturated rings. The van der Waals surface area contributed by atoms with Crippen molar-refractivity contribution in [2.75, 3.05) is 6.54 Å². The molecule has 21 heavy (non-hydrogen) atoms. The highest BCUT2D eigenvalue weighted by Gasteiger charge is 2.10. The maximum atomic E-state index is 13.4. The van der Waals surface area contributed by atoms with Crippen LogP contribution in [0.5, 0.6) is 0 Å². The van der Waals surface area contributed by atoms with Gasteiger partial charge in [0, 0.05) is 24.4 Å². The molecule has 0 aliphatic rings. The Morgan fingerprint density at radius 2 is 2.19 bits per heavy atom. The summed E-state index contributed by atoms with van der Waals surface area (Å²) in [4.78, 5) is 10.1. The Morgan fingerprint density at radius 1 is 1.38 bits per heavy atom. The lowest BCUT2D eigenvalue weighted by Gasteiger charge is -2.03. The third-order valence-electron chi connectivity index (χ3n) is 2.94. The molecule has 0 saturated carbocycles. The Kier molecular flexibility index (Phi) is 4.99. The second kappa shape index (κ2) is 6.94. The van der Waals surface area contributed by atoms with Gasteiger partial charge in [0.15, 0.2) is 0 Å². The highest BCUT2D eigenvalue weighted by atomic mass is 19.1. The van der Waals surface area contributed by atoms with E-state index in [0.717, 1.165) is 31.1 Å². The molecule has 0 radical (unpaired) electrons. The molecule has 1 heterocycles. The zero-order valence-corrected chi connectivity index (χ0v) is 11.8. The first-order chi connectivity index (χ1) is 10.1. The molecule has 0 bridgehead atoms. The zero-order chi connectivity index (χ0) is 15.2. The van der Waals surface area contributed by atoms with Crippen LogP contribution in [0.3, 0.4) is 0 Å². The van der Waals surface area contributed by atoms with Crippen LogP contribution in [0.4, 0.5) is 10.1 Å². The van der Waals surface area contributed by atoms with Crippen molar-refractivity contribution in [2.45, 2.75) is 26.4 Å². The van der Waals surface area contributed by atoms with Crippen molar-refractivity contribution in [3.63, 3.8) is 0 Å². The highest BCUT2D eigenvalue weighted by molar-refractivity contribution is 5.35. The van der Waals surface area contributed by atoms with Crippen molar-refractivity contribution in [1.82, 2.24) is 15.1 Å². The quantitative estimate of drug-likeness (QED) is 0.483. The monoisotopic (exact) mass is 292 g/mol. The van der Waals surface area contributed by atoms with Crippen LogP contribution in [-0.4, -0.2) is 21.2 Å². The summed E-state index contributed by atoms with van der Waals surface area (Å²) in [5.74, 6) is -0.615. The van der Waals surface area contributed by atoms with Crippen LogP contribution in [0.2, 0.25) is 0 Å². The second-order valence-electron chi connectivity index (χ2n) is 4.80. The summed E-state index contributed by atoms with van der Waals surface area (Å²) in [6.07, 6.45) is 4.64. The van der Waals surface area contributed by atoms with Crippen molar-refractivity contribution < 1.29 is 9.31 Å². The molecule has 1 aromatic carbocycles. The molecule has 1 N–H and O–H groups in total. The molecular weight excluding hydrogens is 275 g/mol. The van der Waals surface area contributed by atoms with E-state index in [1.165, 1.54) is 12.1 Å². The lowest BCUT2D eigenvalue weighted by molar-refractivity contribution is -0.385. The van der Waals surface area contributed by atoms with Gasteiger partial charge < -0.3 is 5.32 Å². The van der Waals surface area contributed by atoms with Gasteiger partial charge in [-0.15, -0.1) is 0 Å². The predicted molar refractivity (Wildman–Crippen MR) is 76.4 cm³/mol. The van der Waals surface area contributed by atoms with Gasteiger partial charge in [0.25, 0.3) is 5.69 Å². The van der Waals surface area contributed by atoms with Gasteiger partial charge in [0.2, 0.25) is 0 Å². The molecule has 1 aromatic heterocycles. The molecule has 0 amide bonds. The van der Waals surface area contributed by atoms with Gasteiger partial charge in [-0.3, -0.25) is 14.8 Å². The summed E-state index contributed by atoms with van der Waals surface area (Å²) in [6, 6.07) is 3.55. The van der Waals surface area contributed by atoms with Gasteiger partial charge in [0.1, 0.15) is 5.82 Å². The van der Waals surface area contributed by atoms with E-state index in [4.69, 9.17) is 0 Å². The lowest BCUT2D eigenvalue weighted by atomic mass is 10.2. The van der Waals surface area contributed by atoms with E-state index in [1.807, 2.05) is 6.20 Å². The largest absolute Gasteiger partial charge is 0.313 e. The lowest BCUT2D eigenvalue weighted by Crippen LogP contribution is -2.13. The molecule has 0 saturated heterocycles. The standard InChI is InChI=1S/C14H17FN4O2/c1-2-3-16-7-12-8-17-18(10-12)9-11-4-13(15)6-14(5-11)19(20)21/h4-6,8,10,16H,2-3,7,9H2,1H3. The van der Waals surface area contributed by atoms with E-state index in [0.29, 0.717) is 12.1 Å². The number of hydrogen-bond donors (Lipinski definition) is 1. The fourth-order valence-corrected chi connectivity index (χ4v) is 2.01.